The van der Waals surface area contributed by atoms with Crippen molar-refractivity contribution in [1.82, 2.24) is 5.48 Å². The zero-order valence-electron chi connectivity index (χ0n) is 10.3. The molecule has 0 aliphatic rings. The number of alkyl halides is 3. The zero-order chi connectivity index (χ0) is 13.6. The van der Waals surface area contributed by atoms with Gasteiger partial charge in [-0.1, -0.05) is 6.42 Å². The second kappa shape index (κ2) is 7.11. The molecular weight excluding hydrogens is 263 g/mol. The van der Waals surface area contributed by atoms with Crippen molar-refractivity contribution in [2.45, 2.75) is 51.2 Å². The highest BCUT2D eigenvalue weighted by atomic mass is 32.1. The standard InChI is InChI=1S/C12H18F3NOS/c1-9(16-17)11-7-6-10(18-11)5-3-2-4-8-12(13,14)15/h6-7,9,16-17H,2-5,8H2,1H3. The summed E-state index contributed by atoms with van der Waals surface area (Å²) in [6.45, 7) is 1.85. The van der Waals surface area contributed by atoms with Crippen molar-refractivity contribution in [3.63, 3.8) is 0 Å². The van der Waals surface area contributed by atoms with E-state index in [-0.39, 0.29) is 12.5 Å². The summed E-state index contributed by atoms with van der Waals surface area (Å²) >= 11 is 1.58. The molecule has 1 aromatic rings. The van der Waals surface area contributed by atoms with Gasteiger partial charge in [-0.3, -0.25) is 0 Å². The first kappa shape index (κ1) is 15.5. The molecule has 1 aromatic heterocycles. The van der Waals surface area contributed by atoms with E-state index in [1.54, 1.807) is 11.3 Å². The van der Waals surface area contributed by atoms with Crippen LogP contribution in [0.15, 0.2) is 12.1 Å². The van der Waals surface area contributed by atoms with Crippen molar-refractivity contribution < 1.29 is 18.4 Å². The van der Waals surface area contributed by atoms with Gasteiger partial charge in [-0.05, 0) is 38.3 Å². The lowest BCUT2D eigenvalue weighted by atomic mass is 10.1. The van der Waals surface area contributed by atoms with E-state index >= 15 is 0 Å². The molecule has 0 fully saturated rings. The summed E-state index contributed by atoms with van der Waals surface area (Å²) in [6.07, 6.45) is -2.33. The summed E-state index contributed by atoms with van der Waals surface area (Å²) in [4.78, 5) is 2.18. The van der Waals surface area contributed by atoms with Gasteiger partial charge in [-0.2, -0.15) is 18.7 Å². The van der Waals surface area contributed by atoms with Crippen molar-refractivity contribution in [3.8, 4) is 0 Å². The van der Waals surface area contributed by atoms with Crippen LogP contribution >= 0.6 is 11.3 Å². The van der Waals surface area contributed by atoms with E-state index in [9.17, 15) is 13.2 Å². The van der Waals surface area contributed by atoms with E-state index < -0.39 is 12.6 Å². The van der Waals surface area contributed by atoms with Crippen LogP contribution in [0.3, 0.4) is 0 Å². The van der Waals surface area contributed by atoms with E-state index in [0.29, 0.717) is 6.42 Å². The van der Waals surface area contributed by atoms with Crippen LogP contribution in [0.2, 0.25) is 0 Å². The molecule has 0 bridgehead atoms. The predicted molar refractivity (Wildman–Crippen MR) is 65.9 cm³/mol. The van der Waals surface area contributed by atoms with Crippen LogP contribution in [-0.2, 0) is 6.42 Å². The molecular formula is C12H18F3NOS. The van der Waals surface area contributed by atoms with Crippen LogP contribution < -0.4 is 5.48 Å². The Balaban J connectivity index is 2.22. The van der Waals surface area contributed by atoms with Gasteiger partial charge in [-0.25, -0.2) is 0 Å². The molecule has 0 amide bonds. The van der Waals surface area contributed by atoms with Crippen molar-refractivity contribution in [2.75, 3.05) is 0 Å². The Morgan fingerprint density at radius 3 is 2.61 bits per heavy atom. The van der Waals surface area contributed by atoms with Crippen molar-refractivity contribution >= 4 is 11.3 Å². The summed E-state index contributed by atoms with van der Waals surface area (Å²) in [5.41, 5.74) is 2.17. The molecule has 2 nitrogen and oxygen atoms in total. The van der Waals surface area contributed by atoms with Crippen molar-refractivity contribution in [3.05, 3.63) is 21.9 Å². The molecule has 0 spiro atoms. The van der Waals surface area contributed by atoms with E-state index in [1.165, 1.54) is 0 Å². The lowest BCUT2D eigenvalue weighted by Crippen LogP contribution is -2.11. The van der Waals surface area contributed by atoms with E-state index in [2.05, 4.69) is 5.48 Å². The second-order valence-electron chi connectivity index (χ2n) is 4.33. The number of rotatable bonds is 7. The minimum atomic E-state index is -4.03. The second-order valence-corrected chi connectivity index (χ2v) is 5.53. The Kier molecular flexibility index (Phi) is 6.11. The van der Waals surface area contributed by atoms with E-state index in [0.717, 1.165) is 22.6 Å². The van der Waals surface area contributed by atoms with Gasteiger partial charge in [0.25, 0.3) is 0 Å². The van der Waals surface area contributed by atoms with Gasteiger partial charge in [0, 0.05) is 16.2 Å². The Hall–Kier alpha value is -0.590. The number of nitrogens with one attached hydrogen (secondary N) is 1. The molecule has 0 radical (unpaired) electrons. The summed E-state index contributed by atoms with van der Waals surface area (Å²) in [7, 11) is 0. The monoisotopic (exact) mass is 281 g/mol. The maximum Gasteiger partial charge on any atom is 0.389 e. The third-order valence-electron chi connectivity index (χ3n) is 2.69. The Labute approximate surface area is 109 Å². The topological polar surface area (TPSA) is 32.3 Å². The molecule has 1 heterocycles. The van der Waals surface area contributed by atoms with Gasteiger partial charge in [-0.15, -0.1) is 11.3 Å². The first-order valence-electron chi connectivity index (χ1n) is 5.97. The van der Waals surface area contributed by atoms with E-state index in [4.69, 9.17) is 5.21 Å². The number of aryl methyl sites for hydroxylation is 1. The summed E-state index contributed by atoms with van der Waals surface area (Å²) in [5.74, 6) is 0. The molecule has 0 saturated carbocycles. The van der Waals surface area contributed by atoms with Gasteiger partial charge in [0.2, 0.25) is 0 Å². The highest BCUT2D eigenvalue weighted by Gasteiger charge is 2.25. The van der Waals surface area contributed by atoms with Gasteiger partial charge < -0.3 is 5.21 Å². The summed E-state index contributed by atoms with van der Waals surface area (Å²) in [6, 6.07) is 3.80. The third kappa shape index (κ3) is 5.84. The van der Waals surface area contributed by atoms with Crippen LogP contribution in [0.25, 0.3) is 0 Å². The maximum atomic E-state index is 11.9. The SMILES string of the molecule is CC(NO)c1ccc(CCCCCC(F)(F)F)s1. The van der Waals surface area contributed by atoms with Crippen molar-refractivity contribution in [1.29, 1.82) is 0 Å². The maximum absolute atomic E-state index is 11.9. The van der Waals surface area contributed by atoms with Gasteiger partial charge >= 0.3 is 6.18 Å². The lowest BCUT2D eigenvalue weighted by molar-refractivity contribution is -0.135. The fourth-order valence-corrected chi connectivity index (χ4v) is 2.68. The van der Waals surface area contributed by atoms with Crippen LogP contribution in [0.1, 0.15) is 48.4 Å². The van der Waals surface area contributed by atoms with E-state index in [1.807, 2.05) is 19.1 Å². The van der Waals surface area contributed by atoms with Crippen LogP contribution in [-0.4, -0.2) is 11.4 Å². The lowest BCUT2D eigenvalue weighted by Gasteiger charge is -2.05. The fraction of sp³-hybridized carbons (Fsp3) is 0.667. The first-order chi connectivity index (χ1) is 8.42. The number of unbranched alkanes of at least 4 members (excludes halogenated alkanes) is 2. The highest BCUT2D eigenvalue weighted by Crippen LogP contribution is 2.26. The molecule has 1 rings (SSSR count). The Bertz CT molecular complexity index is 351. The normalized spacial score (nSPS) is 13.8. The zero-order valence-corrected chi connectivity index (χ0v) is 11.1. The Morgan fingerprint density at radius 2 is 2.00 bits per heavy atom. The quantitative estimate of drug-likeness (QED) is 0.571. The fourth-order valence-electron chi connectivity index (χ4n) is 1.63. The minimum absolute atomic E-state index is 0.103. The molecule has 0 saturated heterocycles. The van der Waals surface area contributed by atoms with Crippen LogP contribution in [0, 0.1) is 0 Å². The molecule has 1 atom stereocenters. The molecule has 0 aliphatic carbocycles. The Morgan fingerprint density at radius 1 is 1.28 bits per heavy atom. The van der Waals surface area contributed by atoms with Gasteiger partial charge in [0.05, 0.1) is 6.04 Å². The smallest absolute Gasteiger partial charge is 0.316 e. The molecule has 2 N–H and O–H groups in total. The molecule has 1 unspecified atom stereocenters. The van der Waals surface area contributed by atoms with Crippen LogP contribution in [0.4, 0.5) is 13.2 Å². The molecule has 6 heteroatoms. The average Bonchev–Trinajstić information content (AvgIpc) is 2.75. The van der Waals surface area contributed by atoms with Gasteiger partial charge in [0.1, 0.15) is 0 Å². The van der Waals surface area contributed by atoms with Crippen LogP contribution in [0.5, 0.6) is 0 Å². The number of hydrogen-bond acceptors (Lipinski definition) is 3. The highest BCUT2D eigenvalue weighted by molar-refractivity contribution is 7.12. The average molecular weight is 281 g/mol. The molecule has 18 heavy (non-hydrogen) atoms. The predicted octanol–water partition coefficient (Wildman–Crippen LogP) is 4.45. The summed E-state index contributed by atoms with van der Waals surface area (Å²) in [5, 5.41) is 8.77. The first-order valence-corrected chi connectivity index (χ1v) is 6.79. The summed E-state index contributed by atoms with van der Waals surface area (Å²) < 4.78 is 35.7. The minimum Gasteiger partial charge on any atom is -0.316 e. The molecule has 104 valence electrons. The van der Waals surface area contributed by atoms with Gasteiger partial charge in [0.15, 0.2) is 0 Å². The number of halogens is 3. The molecule has 0 aliphatic heterocycles. The number of thiophene rings is 1. The number of hydrogen-bond donors (Lipinski definition) is 2. The molecule has 0 aromatic carbocycles. The van der Waals surface area contributed by atoms with Crippen molar-refractivity contribution in [2.24, 2.45) is 0 Å². The number of hydroxylamine groups is 1. The third-order valence-corrected chi connectivity index (χ3v) is 4.01. The largest absolute Gasteiger partial charge is 0.389 e.